The summed E-state index contributed by atoms with van der Waals surface area (Å²) >= 11 is 0. The monoisotopic (exact) mass is 352 g/mol. The molecule has 1 saturated heterocycles. The fourth-order valence-electron chi connectivity index (χ4n) is 3.89. The van der Waals surface area contributed by atoms with Crippen molar-refractivity contribution >= 4 is 17.0 Å². The summed E-state index contributed by atoms with van der Waals surface area (Å²) in [6, 6.07) is 12.1. The van der Waals surface area contributed by atoms with Gasteiger partial charge in [0.2, 0.25) is 5.89 Å². The van der Waals surface area contributed by atoms with E-state index >= 15 is 0 Å². The molecule has 1 atom stereocenters. The zero-order valence-corrected chi connectivity index (χ0v) is 15.2. The Bertz CT molecular complexity index is 894. The smallest absolute Gasteiger partial charge is 0.267 e. The molecule has 0 radical (unpaired) electrons. The highest BCUT2D eigenvalue weighted by Crippen LogP contribution is 2.33. The van der Waals surface area contributed by atoms with Crippen LogP contribution in [0.1, 0.15) is 47.4 Å². The maximum Gasteiger partial charge on any atom is 0.267 e. The highest BCUT2D eigenvalue weighted by molar-refractivity contribution is 5.92. The largest absolute Gasteiger partial charge is 0.439 e. The summed E-state index contributed by atoms with van der Waals surface area (Å²) in [5, 5.41) is 2.71. The van der Waals surface area contributed by atoms with Crippen LogP contribution in [0.15, 0.2) is 40.8 Å². The summed E-state index contributed by atoms with van der Waals surface area (Å²) in [5.41, 5.74) is 3.59. The number of carbonyl (C=O) groups excluding carboxylic acids is 1. The van der Waals surface area contributed by atoms with E-state index in [9.17, 15) is 4.79 Å². The van der Waals surface area contributed by atoms with Crippen molar-refractivity contribution < 1.29 is 9.21 Å². The van der Waals surface area contributed by atoms with Crippen LogP contribution in [0.5, 0.6) is 0 Å². The number of amides is 1. The summed E-state index contributed by atoms with van der Waals surface area (Å²) in [5.74, 6) is 0.693. The highest BCUT2D eigenvalue weighted by atomic mass is 16.3. The summed E-state index contributed by atoms with van der Waals surface area (Å²) < 4.78 is 7.93. The molecule has 6 nitrogen and oxygen atoms in total. The van der Waals surface area contributed by atoms with Crippen molar-refractivity contribution in [3.63, 3.8) is 0 Å². The van der Waals surface area contributed by atoms with Gasteiger partial charge in [0.25, 0.3) is 5.91 Å². The van der Waals surface area contributed by atoms with Gasteiger partial charge in [0.05, 0.1) is 12.6 Å². The zero-order valence-electron chi connectivity index (χ0n) is 15.2. The van der Waals surface area contributed by atoms with Crippen LogP contribution in [0.2, 0.25) is 0 Å². The molecule has 0 unspecified atom stereocenters. The Kier molecular flexibility index (Phi) is 4.51. The number of oxazole rings is 1. The fourth-order valence-corrected chi connectivity index (χ4v) is 3.89. The first kappa shape index (κ1) is 16.8. The third-order valence-electron chi connectivity index (χ3n) is 5.25. The fraction of sp³-hybridized carbons (Fsp3) is 0.400. The number of benzene rings is 1. The summed E-state index contributed by atoms with van der Waals surface area (Å²) in [6.07, 6.45) is 3.43. The van der Waals surface area contributed by atoms with E-state index in [0.29, 0.717) is 12.2 Å². The molecule has 1 aromatic carbocycles. The maximum absolute atomic E-state index is 12.0. The first-order valence-electron chi connectivity index (χ1n) is 9.13. The highest BCUT2D eigenvalue weighted by Gasteiger charge is 2.28. The van der Waals surface area contributed by atoms with Crippen LogP contribution >= 0.6 is 0 Å². The van der Waals surface area contributed by atoms with Gasteiger partial charge in [-0.25, -0.2) is 4.98 Å². The minimum absolute atomic E-state index is 0.0555. The molecule has 1 fully saturated rings. The Labute approximate surface area is 152 Å². The van der Waals surface area contributed by atoms with Crippen LogP contribution in [0.4, 0.5) is 0 Å². The predicted molar refractivity (Wildman–Crippen MR) is 99.8 cm³/mol. The molecule has 26 heavy (non-hydrogen) atoms. The van der Waals surface area contributed by atoms with Gasteiger partial charge < -0.3 is 14.3 Å². The van der Waals surface area contributed by atoms with Gasteiger partial charge in [-0.1, -0.05) is 18.6 Å². The lowest BCUT2D eigenvalue weighted by Crippen LogP contribution is -2.34. The SMILES string of the molecule is CNC(=O)c1ccc([C@@H]2CCCCN2Cc2nc3ccccc3o2)n1C. The topological polar surface area (TPSA) is 63.3 Å². The van der Waals surface area contributed by atoms with Crippen molar-refractivity contribution in [2.75, 3.05) is 13.6 Å². The Morgan fingerprint density at radius 1 is 1.27 bits per heavy atom. The number of hydrogen-bond donors (Lipinski definition) is 1. The molecule has 0 bridgehead atoms. The van der Waals surface area contributed by atoms with E-state index < -0.39 is 0 Å². The molecule has 1 aliphatic heterocycles. The summed E-state index contributed by atoms with van der Waals surface area (Å²) in [6.45, 7) is 1.68. The number of piperidine rings is 1. The molecular formula is C20H24N4O2. The second-order valence-corrected chi connectivity index (χ2v) is 6.84. The van der Waals surface area contributed by atoms with Gasteiger partial charge in [-0.15, -0.1) is 0 Å². The molecule has 0 saturated carbocycles. The number of likely N-dealkylation sites (tertiary alicyclic amines) is 1. The summed E-state index contributed by atoms with van der Waals surface area (Å²) in [4.78, 5) is 19.1. The van der Waals surface area contributed by atoms with Crippen LogP contribution in [-0.2, 0) is 13.6 Å². The molecule has 0 aliphatic carbocycles. The number of nitrogens with zero attached hydrogens (tertiary/aromatic N) is 3. The van der Waals surface area contributed by atoms with Crippen molar-refractivity contribution in [2.45, 2.75) is 31.8 Å². The molecule has 3 heterocycles. The minimum Gasteiger partial charge on any atom is -0.439 e. The first-order chi connectivity index (χ1) is 12.7. The van der Waals surface area contributed by atoms with Gasteiger partial charge in [0.15, 0.2) is 5.58 Å². The van der Waals surface area contributed by atoms with Gasteiger partial charge >= 0.3 is 0 Å². The van der Waals surface area contributed by atoms with Crippen LogP contribution in [0.25, 0.3) is 11.1 Å². The second-order valence-electron chi connectivity index (χ2n) is 6.84. The molecule has 2 aromatic heterocycles. The predicted octanol–water partition coefficient (Wildman–Crippen LogP) is 3.25. The van der Waals surface area contributed by atoms with E-state index in [1.165, 1.54) is 18.5 Å². The van der Waals surface area contributed by atoms with Gasteiger partial charge in [-0.2, -0.15) is 0 Å². The molecule has 6 heteroatoms. The lowest BCUT2D eigenvalue weighted by Gasteiger charge is -2.35. The quantitative estimate of drug-likeness (QED) is 0.783. The van der Waals surface area contributed by atoms with Crippen molar-refractivity contribution in [1.29, 1.82) is 0 Å². The third-order valence-corrected chi connectivity index (χ3v) is 5.25. The molecule has 3 aromatic rings. The number of fused-ring (bicyclic) bond motifs is 1. The van der Waals surface area contributed by atoms with Crippen LogP contribution in [-0.4, -0.2) is 34.0 Å². The number of aromatic nitrogens is 2. The molecule has 1 amide bonds. The Morgan fingerprint density at radius 2 is 2.12 bits per heavy atom. The number of carbonyl (C=O) groups is 1. The second kappa shape index (κ2) is 6.96. The maximum atomic E-state index is 12.0. The lowest BCUT2D eigenvalue weighted by molar-refractivity contribution is 0.0951. The Morgan fingerprint density at radius 3 is 2.92 bits per heavy atom. The molecule has 136 valence electrons. The molecular weight excluding hydrogens is 328 g/mol. The summed E-state index contributed by atoms with van der Waals surface area (Å²) in [7, 11) is 3.63. The number of nitrogens with one attached hydrogen (secondary N) is 1. The molecule has 1 aliphatic rings. The first-order valence-corrected chi connectivity index (χ1v) is 9.13. The third kappa shape index (κ3) is 3.01. The van der Waals surface area contributed by atoms with E-state index in [-0.39, 0.29) is 11.9 Å². The van der Waals surface area contributed by atoms with Gasteiger partial charge in [0.1, 0.15) is 11.2 Å². The van der Waals surface area contributed by atoms with E-state index in [2.05, 4.69) is 21.3 Å². The molecule has 1 N–H and O–H groups in total. The van der Waals surface area contributed by atoms with Crippen molar-refractivity contribution in [3.05, 3.63) is 53.7 Å². The standard InChI is InChI=1S/C20H24N4O2/c1-21-20(25)17-11-10-15(23(17)2)16-8-5-6-12-24(16)13-19-22-14-7-3-4-9-18(14)26-19/h3-4,7,9-11,16H,5-6,8,12-13H2,1-2H3,(H,21,25)/t16-/m0/s1. The van der Waals surface area contributed by atoms with Gasteiger partial charge in [0, 0.05) is 19.8 Å². The molecule has 0 spiro atoms. The minimum atomic E-state index is -0.0555. The number of hydrogen-bond acceptors (Lipinski definition) is 4. The van der Waals surface area contributed by atoms with Crippen LogP contribution in [0, 0.1) is 0 Å². The normalized spacial score (nSPS) is 18.3. The van der Waals surface area contributed by atoms with E-state index in [1.807, 2.05) is 41.9 Å². The molecule has 4 rings (SSSR count). The zero-order chi connectivity index (χ0) is 18.1. The Balaban J connectivity index is 1.60. The van der Waals surface area contributed by atoms with Crippen molar-refractivity contribution in [1.82, 2.24) is 19.8 Å². The van der Waals surface area contributed by atoms with Crippen LogP contribution < -0.4 is 5.32 Å². The lowest BCUT2D eigenvalue weighted by atomic mass is 9.99. The van der Waals surface area contributed by atoms with Crippen molar-refractivity contribution in [3.8, 4) is 0 Å². The number of para-hydroxylation sites is 2. The van der Waals surface area contributed by atoms with E-state index in [4.69, 9.17) is 4.42 Å². The Hall–Kier alpha value is -2.60. The van der Waals surface area contributed by atoms with Gasteiger partial charge in [-0.05, 0) is 43.7 Å². The van der Waals surface area contributed by atoms with Crippen molar-refractivity contribution in [2.24, 2.45) is 7.05 Å². The average molecular weight is 352 g/mol. The number of rotatable bonds is 4. The van der Waals surface area contributed by atoms with Crippen LogP contribution in [0.3, 0.4) is 0 Å². The average Bonchev–Trinajstić information content (AvgIpc) is 3.24. The van der Waals surface area contributed by atoms with Gasteiger partial charge in [-0.3, -0.25) is 9.69 Å². The van der Waals surface area contributed by atoms with E-state index in [1.54, 1.807) is 7.05 Å². The van der Waals surface area contributed by atoms with E-state index in [0.717, 1.165) is 30.0 Å².